The Morgan fingerprint density at radius 3 is 2.70 bits per heavy atom. The first-order chi connectivity index (χ1) is 11.0. The number of nitrogens with zero attached hydrogens (tertiary/aromatic N) is 4. The summed E-state index contributed by atoms with van der Waals surface area (Å²) in [5.41, 5.74) is 2.78. The molecule has 0 aromatic carbocycles. The van der Waals surface area contributed by atoms with Crippen LogP contribution >= 0.6 is 0 Å². The maximum absolute atomic E-state index is 12.7. The van der Waals surface area contributed by atoms with Gasteiger partial charge in [-0.25, -0.2) is 0 Å². The highest BCUT2D eigenvalue weighted by molar-refractivity contribution is 5.94. The molecule has 7 nitrogen and oxygen atoms in total. The lowest BCUT2D eigenvalue weighted by molar-refractivity contribution is 0.0922. The SMILES string of the molecule is CC(C)c1noc(C(C)NC(=O)c2c3c(nn2C)CCCC3)n1. The summed E-state index contributed by atoms with van der Waals surface area (Å²) in [6, 6.07) is -0.336. The van der Waals surface area contributed by atoms with Crippen molar-refractivity contribution in [3.05, 3.63) is 28.7 Å². The summed E-state index contributed by atoms with van der Waals surface area (Å²) in [5, 5.41) is 11.4. The third-order valence-corrected chi connectivity index (χ3v) is 4.23. The molecule has 1 aliphatic rings. The van der Waals surface area contributed by atoms with Crippen molar-refractivity contribution in [1.29, 1.82) is 0 Å². The van der Waals surface area contributed by atoms with Crippen molar-refractivity contribution in [2.45, 2.75) is 58.4 Å². The highest BCUT2D eigenvalue weighted by atomic mass is 16.5. The Hall–Kier alpha value is -2.18. The molecule has 2 aromatic rings. The van der Waals surface area contributed by atoms with Crippen LogP contribution < -0.4 is 5.32 Å². The van der Waals surface area contributed by atoms with E-state index in [1.165, 1.54) is 0 Å². The number of amides is 1. The van der Waals surface area contributed by atoms with Crippen molar-refractivity contribution in [2.24, 2.45) is 7.05 Å². The van der Waals surface area contributed by atoms with Gasteiger partial charge in [0, 0.05) is 18.5 Å². The van der Waals surface area contributed by atoms with Gasteiger partial charge in [-0.3, -0.25) is 9.48 Å². The summed E-state index contributed by atoms with van der Waals surface area (Å²) < 4.78 is 6.94. The first-order valence-corrected chi connectivity index (χ1v) is 8.16. The van der Waals surface area contributed by atoms with Gasteiger partial charge in [-0.2, -0.15) is 10.1 Å². The molecule has 3 rings (SSSR count). The molecule has 0 saturated carbocycles. The lowest BCUT2D eigenvalue weighted by Gasteiger charge is -2.13. The van der Waals surface area contributed by atoms with Gasteiger partial charge < -0.3 is 9.84 Å². The minimum absolute atomic E-state index is 0.139. The van der Waals surface area contributed by atoms with Crippen LogP contribution in [-0.2, 0) is 19.9 Å². The Kier molecular flexibility index (Phi) is 4.19. The Bertz CT molecular complexity index is 716. The molecule has 1 atom stereocenters. The van der Waals surface area contributed by atoms with E-state index in [1.54, 1.807) is 4.68 Å². The summed E-state index contributed by atoms with van der Waals surface area (Å²) in [6.07, 6.45) is 4.11. The van der Waals surface area contributed by atoms with Gasteiger partial charge in [0.25, 0.3) is 5.91 Å². The van der Waals surface area contributed by atoms with Gasteiger partial charge in [-0.05, 0) is 32.6 Å². The molecule has 1 unspecified atom stereocenters. The Labute approximate surface area is 135 Å². The second-order valence-electron chi connectivity index (χ2n) is 6.45. The normalized spacial score (nSPS) is 15.5. The van der Waals surface area contributed by atoms with Crippen LogP contribution in [0.3, 0.4) is 0 Å². The summed E-state index contributed by atoms with van der Waals surface area (Å²) in [7, 11) is 1.82. The molecule has 0 aliphatic heterocycles. The number of aromatic nitrogens is 4. The Balaban J connectivity index is 1.77. The van der Waals surface area contributed by atoms with Crippen LogP contribution in [0.25, 0.3) is 0 Å². The molecule has 0 saturated heterocycles. The van der Waals surface area contributed by atoms with Gasteiger partial charge >= 0.3 is 0 Å². The van der Waals surface area contributed by atoms with Crippen molar-refractivity contribution in [3.8, 4) is 0 Å². The number of nitrogens with one attached hydrogen (secondary N) is 1. The zero-order valence-electron chi connectivity index (χ0n) is 14.1. The summed E-state index contributed by atoms with van der Waals surface area (Å²) in [6.45, 7) is 5.85. The monoisotopic (exact) mass is 317 g/mol. The predicted molar refractivity (Wildman–Crippen MR) is 84.1 cm³/mol. The van der Waals surface area contributed by atoms with Gasteiger partial charge in [0.15, 0.2) is 5.82 Å². The number of hydrogen-bond donors (Lipinski definition) is 1. The number of carbonyl (C=O) groups is 1. The molecule has 124 valence electrons. The first kappa shape index (κ1) is 15.7. The van der Waals surface area contributed by atoms with Gasteiger partial charge in [0.05, 0.1) is 5.69 Å². The van der Waals surface area contributed by atoms with E-state index in [0.29, 0.717) is 17.4 Å². The molecule has 1 N–H and O–H groups in total. The van der Waals surface area contributed by atoms with E-state index in [0.717, 1.165) is 36.9 Å². The zero-order valence-corrected chi connectivity index (χ0v) is 14.1. The van der Waals surface area contributed by atoms with Crippen molar-refractivity contribution in [2.75, 3.05) is 0 Å². The zero-order chi connectivity index (χ0) is 16.6. The highest BCUT2D eigenvalue weighted by Gasteiger charge is 2.26. The molecule has 0 fully saturated rings. The number of carbonyl (C=O) groups excluding carboxylic acids is 1. The fraction of sp³-hybridized carbons (Fsp3) is 0.625. The lowest BCUT2D eigenvalue weighted by atomic mass is 9.95. The van der Waals surface area contributed by atoms with E-state index in [9.17, 15) is 4.79 Å². The number of fused-ring (bicyclic) bond motifs is 1. The van der Waals surface area contributed by atoms with Gasteiger partial charge in [-0.15, -0.1) is 0 Å². The standard InChI is InChI=1S/C16H23N5O2/c1-9(2)14-18-16(23-20-14)10(3)17-15(22)13-11-7-5-6-8-12(11)19-21(13)4/h9-10H,5-8H2,1-4H3,(H,17,22). The second-order valence-corrected chi connectivity index (χ2v) is 6.45. The molecular formula is C16H23N5O2. The molecule has 7 heteroatoms. The van der Waals surface area contributed by atoms with Crippen LogP contribution in [0.15, 0.2) is 4.52 Å². The van der Waals surface area contributed by atoms with Crippen molar-refractivity contribution >= 4 is 5.91 Å². The topological polar surface area (TPSA) is 85.8 Å². The molecule has 2 aromatic heterocycles. The third-order valence-electron chi connectivity index (χ3n) is 4.23. The van der Waals surface area contributed by atoms with Crippen LogP contribution in [-0.4, -0.2) is 25.8 Å². The van der Waals surface area contributed by atoms with E-state index in [1.807, 2.05) is 27.8 Å². The van der Waals surface area contributed by atoms with Gasteiger partial charge in [0.1, 0.15) is 11.7 Å². The van der Waals surface area contributed by atoms with Crippen LogP contribution in [0, 0.1) is 0 Å². The maximum atomic E-state index is 12.7. The maximum Gasteiger partial charge on any atom is 0.270 e. The quantitative estimate of drug-likeness (QED) is 0.935. The van der Waals surface area contributed by atoms with Crippen LogP contribution in [0.5, 0.6) is 0 Å². The smallest absolute Gasteiger partial charge is 0.270 e. The Morgan fingerprint density at radius 2 is 2.00 bits per heavy atom. The third kappa shape index (κ3) is 3.00. The summed E-state index contributed by atoms with van der Waals surface area (Å²) >= 11 is 0. The largest absolute Gasteiger partial charge is 0.339 e. The van der Waals surface area contributed by atoms with E-state index in [2.05, 4.69) is 20.6 Å². The fourth-order valence-electron chi connectivity index (χ4n) is 2.95. The van der Waals surface area contributed by atoms with E-state index in [-0.39, 0.29) is 17.9 Å². The number of aryl methyl sites for hydroxylation is 2. The second kappa shape index (κ2) is 6.14. The predicted octanol–water partition coefficient (Wildman–Crippen LogP) is 2.30. The number of hydrogen-bond acceptors (Lipinski definition) is 5. The van der Waals surface area contributed by atoms with Crippen molar-refractivity contribution in [1.82, 2.24) is 25.2 Å². The first-order valence-electron chi connectivity index (χ1n) is 8.16. The van der Waals surface area contributed by atoms with Gasteiger partial charge in [0.2, 0.25) is 5.89 Å². The molecule has 1 amide bonds. The molecule has 1 aliphatic carbocycles. The van der Waals surface area contributed by atoms with Crippen molar-refractivity contribution < 1.29 is 9.32 Å². The van der Waals surface area contributed by atoms with Crippen LogP contribution in [0.2, 0.25) is 0 Å². The number of rotatable bonds is 4. The molecule has 0 spiro atoms. The minimum Gasteiger partial charge on any atom is -0.339 e. The summed E-state index contributed by atoms with van der Waals surface area (Å²) in [4.78, 5) is 17.0. The average Bonchev–Trinajstić information content (AvgIpc) is 3.10. The average molecular weight is 317 g/mol. The van der Waals surface area contributed by atoms with E-state index < -0.39 is 0 Å². The highest BCUT2D eigenvalue weighted by Crippen LogP contribution is 2.24. The lowest BCUT2D eigenvalue weighted by Crippen LogP contribution is -2.29. The van der Waals surface area contributed by atoms with Crippen LogP contribution in [0.4, 0.5) is 0 Å². The van der Waals surface area contributed by atoms with E-state index >= 15 is 0 Å². The molecular weight excluding hydrogens is 294 g/mol. The molecule has 23 heavy (non-hydrogen) atoms. The summed E-state index contributed by atoms with van der Waals surface area (Å²) in [5.74, 6) is 1.14. The molecule has 0 bridgehead atoms. The van der Waals surface area contributed by atoms with Crippen molar-refractivity contribution in [3.63, 3.8) is 0 Å². The Morgan fingerprint density at radius 1 is 1.26 bits per heavy atom. The molecule has 2 heterocycles. The van der Waals surface area contributed by atoms with Crippen LogP contribution in [0.1, 0.15) is 79.0 Å². The van der Waals surface area contributed by atoms with E-state index in [4.69, 9.17) is 4.52 Å². The minimum atomic E-state index is -0.336. The fourth-order valence-corrected chi connectivity index (χ4v) is 2.95. The molecule has 0 radical (unpaired) electrons. The van der Waals surface area contributed by atoms with Gasteiger partial charge in [-0.1, -0.05) is 19.0 Å².